The number of benzene rings is 1. The second-order valence-corrected chi connectivity index (χ2v) is 5.11. The largest absolute Gasteiger partial charge is 0.327 e. The van der Waals surface area contributed by atoms with Gasteiger partial charge in [-0.05, 0) is 24.5 Å². The van der Waals surface area contributed by atoms with Crippen LogP contribution in [0.1, 0.15) is 31.7 Å². The van der Waals surface area contributed by atoms with Crippen LogP contribution >= 0.6 is 0 Å². The topological polar surface area (TPSA) is 43.1 Å². The molecule has 0 spiro atoms. The molecule has 1 aliphatic rings. The number of rotatable bonds is 3. The maximum absolute atomic E-state index is 13.5. The molecular formula is C14H18FNO. The molecule has 2 atom stereocenters. The summed E-state index contributed by atoms with van der Waals surface area (Å²) in [4.78, 5) is 12.3. The molecule has 0 aliphatic heterocycles. The van der Waals surface area contributed by atoms with Gasteiger partial charge in [-0.25, -0.2) is 4.39 Å². The van der Waals surface area contributed by atoms with Gasteiger partial charge in [0.05, 0.1) is 0 Å². The van der Waals surface area contributed by atoms with E-state index >= 15 is 0 Å². The average Bonchev–Trinajstić information content (AvgIpc) is 2.64. The maximum atomic E-state index is 13.5. The number of carbonyl (C=O) groups is 1. The quantitative estimate of drug-likeness (QED) is 0.874. The summed E-state index contributed by atoms with van der Waals surface area (Å²) in [6.07, 6.45) is 2.85. The summed E-state index contributed by atoms with van der Waals surface area (Å²) < 4.78 is 13.5. The van der Waals surface area contributed by atoms with Gasteiger partial charge < -0.3 is 5.73 Å². The molecule has 0 bridgehead atoms. The van der Waals surface area contributed by atoms with Crippen molar-refractivity contribution in [1.82, 2.24) is 0 Å². The number of halogens is 1. The molecule has 2 rings (SSSR count). The number of ketones is 1. The first kappa shape index (κ1) is 12.2. The molecule has 2 nitrogen and oxygen atoms in total. The highest BCUT2D eigenvalue weighted by atomic mass is 19.1. The molecule has 1 aliphatic carbocycles. The van der Waals surface area contributed by atoms with Crippen molar-refractivity contribution >= 4 is 5.78 Å². The summed E-state index contributed by atoms with van der Waals surface area (Å²) >= 11 is 0. The van der Waals surface area contributed by atoms with Crippen molar-refractivity contribution in [1.29, 1.82) is 0 Å². The zero-order valence-electron chi connectivity index (χ0n) is 10.1. The van der Waals surface area contributed by atoms with Crippen molar-refractivity contribution in [2.45, 2.75) is 38.6 Å². The van der Waals surface area contributed by atoms with Crippen molar-refractivity contribution in [2.75, 3.05) is 0 Å². The molecule has 1 aromatic carbocycles. The summed E-state index contributed by atoms with van der Waals surface area (Å²) in [5, 5.41) is 0. The molecule has 1 aromatic rings. The summed E-state index contributed by atoms with van der Waals surface area (Å²) in [7, 11) is 0. The first-order chi connectivity index (χ1) is 8.04. The van der Waals surface area contributed by atoms with Crippen molar-refractivity contribution in [2.24, 2.45) is 11.1 Å². The van der Waals surface area contributed by atoms with Crippen LogP contribution in [0.25, 0.3) is 0 Å². The Hall–Kier alpha value is -1.22. The molecule has 0 radical (unpaired) electrons. The molecule has 17 heavy (non-hydrogen) atoms. The fraction of sp³-hybridized carbons (Fsp3) is 0.500. The molecule has 1 saturated carbocycles. The summed E-state index contributed by atoms with van der Waals surface area (Å²) in [6, 6.07) is 6.35. The van der Waals surface area contributed by atoms with Gasteiger partial charge in [-0.15, -0.1) is 0 Å². The lowest BCUT2D eigenvalue weighted by molar-refractivity contribution is -0.127. The smallest absolute Gasteiger partial charge is 0.144 e. The Morgan fingerprint density at radius 3 is 2.82 bits per heavy atom. The highest BCUT2D eigenvalue weighted by Gasteiger charge is 2.42. The van der Waals surface area contributed by atoms with Crippen LogP contribution in [0.3, 0.4) is 0 Å². The minimum absolute atomic E-state index is 0.0626. The van der Waals surface area contributed by atoms with Crippen LogP contribution in [0.15, 0.2) is 24.3 Å². The normalized spacial score (nSPS) is 28.3. The Bertz CT molecular complexity index is 432. The van der Waals surface area contributed by atoms with Gasteiger partial charge in [0.2, 0.25) is 0 Å². The van der Waals surface area contributed by atoms with Gasteiger partial charge in [-0.3, -0.25) is 4.79 Å². The minimum atomic E-state index is -0.470. The molecule has 92 valence electrons. The second-order valence-electron chi connectivity index (χ2n) is 5.11. The van der Waals surface area contributed by atoms with E-state index in [0.717, 1.165) is 19.3 Å². The van der Waals surface area contributed by atoms with Gasteiger partial charge >= 0.3 is 0 Å². The lowest BCUT2D eigenvalue weighted by atomic mass is 9.78. The number of hydrogen-bond acceptors (Lipinski definition) is 2. The minimum Gasteiger partial charge on any atom is -0.327 e. The zero-order chi connectivity index (χ0) is 12.5. The number of Topliss-reactive ketones (excluding diaryl/α,β-unsaturated/α-hetero) is 1. The number of hydrogen-bond donors (Lipinski definition) is 1. The predicted octanol–water partition coefficient (Wildman–Crippen LogP) is 2.45. The molecule has 0 amide bonds. The Morgan fingerprint density at radius 2 is 2.24 bits per heavy atom. The standard InChI is InChI=1S/C14H18FNO/c1-14(8-4-7-12(14)16)13(17)9-10-5-2-3-6-11(10)15/h2-3,5-6,12H,4,7-9,16H2,1H3. The first-order valence-corrected chi connectivity index (χ1v) is 6.06. The SMILES string of the molecule is CC1(C(=O)Cc2ccccc2F)CCCC1N. The van der Waals surface area contributed by atoms with Crippen LogP contribution in [0, 0.1) is 11.2 Å². The Labute approximate surface area is 101 Å². The summed E-state index contributed by atoms with van der Waals surface area (Å²) in [5.74, 6) is -0.247. The van der Waals surface area contributed by atoms with E-state index in [-0.39, 0.29) is 24.1 Å². The summed E-state index contributed by atoms with van der Waals surface area (Å²) in [6.45, 7) is 1.91. The third-order valence-electron chi connectivity index (χ3n) is 3.98. The van der Waals surface area contributed by atoms with E-state index in [1.165, 1.54) is 6.07 Å². The van der Waals surface area contributed by atoms with Crippen LogP contribution in [-0.2, 0) is 11.2 Å². The Kier molecular flexibility index (Phi) is 3.29. The Balaban J connectivity index is 2.15. The van der Waals surface area contributed by atoms with Gasteiger partial charge in [-0.2, -0.15) is 0 Å². The third-order valence-corrected chi connectivity index (χ3v) is 3.98. The highest BCUT2D eigenvalue weighted by molar-refractivity contribution is 5.87. The second kappa shape index (κ2) is 4.57. The van der Waals surface area contributed by atoms with E-state index in [1.807, 2.05) is 6.92 Å². The summed E-state index contributed by atoms with van der Waals surface area (Å²) in [5.41, 5.74) is 5.99. The molecule has 0 heterocycles. The van der Waals surface area contributed by atoms with Crippen LogP contribution < -0.4 is 5.73 Å². The van der Waals surface area contributed by atoms with Crippen molar-refractivity contribution in [3.8, 4) is 0 Å². The lowest BCUT2D eigenvalue weighted by Crippen LogP contribution is -2.42. The van der Waals surface area contributed by atoms with Crippen LogP contribution in [0.5, 0.6) is 0 Å². The average molecular weight is 235 g/mol. The number of nitrogens with two attached hydrogens (primary N) is 1. The molecule has 1 fully saturated rings. The van der Waals surface area contributed by atoms with Gasteiger partial charge in [0, 0.05) is 17.9 Å². The number of carbonyl (C=O) groups excluding carboxylic acids is 1. The fourth-order valence-electron chi connectivity index (χ4n) is 2.56. The molecule has 0 saturated heterocycles. The maximum Gasteiger partial charge on any atom is 0.144 e. The predicted molar refractivity (Wildman–Crippen MR) is 65.0 cm³/mol. The van der Waals surface area contributed by atoms with Crippen molar-refractivity contribution in [3.05, 3.63) is 35.6 Å². The monoisotopic (exact) mass is 235 g/mol. The van der Waals surface area contributed by atoms with E-state index in [0.29, 0.717) is 5.56 Å². The van der Waals surface area contributed by atoms with Crippen molar-refractivity contribution in [3.63, 3.8) is 0 Å². The third kappa shape index (κ3) is 2.25. The van der Waals surface area contributed by atoms with Crippen molar-refractivity contribution < 1.29 is 9.18 Å². The highest BCUT2D eigenvalue weighted by Crippen LogP contribution is 2.38. The van der Waals surface area contributed by atoms with Gasteiger partial charge in [0.15, 0.2) is 0 Å². The fourth-order valence-corrected chi connectivity index (χ4v) is 2.56. The van der Waals surface area contributed by atoms with Gasteiger partial charge in [0.1, 0.15) is 11.6 Å². The molecule has 2 unspecified atom stereocenters. The van der Waals surface area contributed by atoms with E-state index < -0.39 is 5.41 Å². The van der Waals surface area contributed by atoms with Crippen LogP contribution in [-0.4, -0.2) is 11.8 Å². The van der Waals surface area contributed by atoms with E-state index in [1.54, 1.807) is 18.2 Å². The molecule has 3 heteroatoms. The molecular weight excluding hydrogens is 217 g/mol. The molecule has 0 aromatic heterocycles. The van der Waals surface area contributed by atoms with E-state index in [9.17, 15) is 9.18 Å². The Morgan fingerprint density at radius 1 is 1.53 bits per heavy atom. The van der Waals surface area contributed by atoms with Gasteiger partial charge in [-0.1, -0.05) is 31.5 Å². The first-order valence-electron chi connectivity index (χ1n) is 6.06. The van der Waals surface area contributed by atoms with Crippen LogP contribution in [0.2, 0.25) is 0 Å². The zero-order valence-corrected chi connectivity index (χ0v) is 10.1. The van der Waals surface area contributed by atoms with E-state index in [2.05, 4.69) is 0 Å². The van der Waals surface area contributed by atoms with Gasteiger partial charge in [0.25, 0.3) is 0 Å². The molecule has 2 N–H and O–H groups in total. The van der Waals surface area contributed by atoms with Crippen LogP contribution in [0.4, 0.5) is 4.39 Å². The lowest BCUT2D eigenvalue weighted by Gasteiger charge is -2.27. The van der Waals surface area contributed by atoms with E-state index in [4.69, 9.17) is 5.73 Å².